The minimum Gasteiger partial charge on any atom is -0.493 e. The number of ether oxygens (including phenoxy) is 1. The molecule has 2 aromatic heterocycles. The lowest BCUT2D eigenvalue weighted by Crippen LogP contribution is -2.35. The summed E-state index contributed by atoms with van der Waals surface area (Å²) in [6.45, 7) is 0. The van der Waals surface area contributed by atoms with Gasteiger partial charge in [-0.05, 0) is 6.07 Å². The predicted molar refractivity (Wildman–Crippen MR) is 70.2 cm³/mol. The van der Waals surface area contributed by atoms with Crippen molar-refractivity contribution in [2.75, 3.05) is 7.11 Å². The first kappa shape index (κ1) is 11.5. The minimum atomic E-state index is 0.105. The number of aromatic nitrogens is 1. The van der Waals surface area contributed by atoms with E-state index in [2.05, 4.69) is 0 Å². The molecule has 0 aliphatic carbocycles. The van der Waals surface area contributed by atoms with E-state index in [4.69, 9.17) is 14.6 Å². The molecule has 0 unspecified atom stereocenters. The van der Waals surface area contributed by atoms with E-state index in [0.717, 1.165) is 5.39 Å². The minimum absolute atomic E-state index is 0.105. The Balaban J connectivity index is 2.30. The molecule has 19 heavy (non-hydrogen) atoms. The van der Waals surface area contributed by atoms with Crippen LogP contribution in [0, 0.1) is 5.41 Å². The van der Waals surface area contributed by atoms with Gasteiger partial charge in [0, 0.05) is 23.6 Å². The molecule has 0 aliphatic heterocycles. The summed E-state index contributed by atoms with van der Waals surface area (Å²) in [6.07, 6.45) is 3.77. The van der Waals surface area contributed by atoms with Gasteiger partial charge in [0.2, 0.25) is 0 Å². The molecule has 0 bridgehead atoms. The SMILES string of the molecule is COc1cccc2cc(-[n+]3ccccc3)c(=N)oc12. The Morgan fingerprint density at radius 2 is 1.89 bits per heavy atom. The molecule has 3 aromatic rings. The Bertz CT molecular complexity index is 779. The van der Waals surface area contributed by atoms with Crippen molar-refractivity contribution in [3.63, 3.8) is 0 Å². The summed E-state index contributed by atoms with van der Waals surface area (Å²) in [4.78, 5) is 0. The van der Waals surface area contributed by atoms with Crippen LogP contribution >= 0.6 is 0 Å². The van der Waals surface area contributed by atoms with Gasteiger partial charge in [-0.3, -0.25) is 5.41 Å². The standard InChI is InChI=1S/C15H13N2O2/c1-18-13-7-5-6-11-10-12(15(16)19-14(11)13)17-8-3-2-4-9-17/h2-10,16H,1H3/q+1. The van der Waals surface area contributed by atoms with Gasteiger partial charge >= 0.3 is 0 Å². The van der Waals surface area contributed by atoms with Crippen LogP contribution in [0.25, 0.3) is 16.7 Å². The molecule has 2 heterocycles. The molecule has 1 N–H and O–H groups in total. The number of methoxy groups -OCH3 is 1. The van der Waals surface area contributed by atoms with Gasteiger partial charge in [0.15, 0.2) is 23.7 Å². The Kier molecular flexibility index (Phi) is 2.76. The molecule has 94 valence electrons. The van der Waals surface area contributed by atoms with Gasteiger partial charge in [0.25, 0.3) is 11.2 Å². The molecule has 0 spiro atoms. The highest BCUT2D eigenvalue weighted by molar-refractivity contribution is 5.83. The van der Waals surface area contributed by atoms with Crippen molar-refractivity contribution in [1.29, 1.82) is 5.41 Å². The van der Waals surface area contributed by atoms with Gasteiger partial charge in [-0.25, -0.2) is 0 Å². The van der Waals surface area contributed by atoms with E-state index >= 15 is 0 Å². The highest BCUT2D eigenvalue weighted by atomic mass is 16.5. The van der Waals surface area contributed by atoms with Gasteiger partial charge in [-0.2, -0.15) is 4.57 Å². The Morgan fingerprint density at radius 3 is 2.63 bits per heavy atom. The number of nitrogens with zero attached hydrogens (tertiary/aromatic N) is 1. The zero-order chi connectivity index (χ0) is 13.2. The van der Waals surface area contributed by atoms with Crippen LogP contribution in [0.3, 0.4) is 0 Å². The molecule has 0 amide bonds. The summed E-state index contributed by atoms with van der Waals surface area (Å²) in [5.74, 6) is 0.635. The topological polar surface area (TPSA) is 50.1 Å². The van der Waals surface area contributed by atoms with Crippen LogP contribution in [0.5, 0.6) is 5.75 Å². The third-order valence-electron chi connectivity index (χ3n) is 2.95. The summed E-state index contributed by atoms with van der Waals surface area (Å²) < 4.78 is 12.7. The molecular formula is C15H13N2O2+. The molecule has 4 nitrogen and oxygen atoms in total. The van der Waals surface area contributed by atoms with Gasteiger partial charge in [0.1, 0.15) is 0 Å². The van der Waals surface area contributed by atoms with Gasteiger partial charge in [0.05, 0.1) is 7.11 Å². The first-order valence-electron chi connectivity index (χ1n) is 5.92. The summed E-state index contributed by atoms with van der Waals surface area (Å²) in [7, 11) is 1.59. The maximum absolute atomic E-state index is 8.02. The summed E-state index contributed by atoms with van der Waals surface area (Å²) in [5, 5.41) is 8.92. The van der Waals surface area contributed by atoms with Crippen molar-refractivity contribution in [3.05, 3.63) is 60.4 Å². The number of benzene rings is 1. The second-order valence-corrected chi connectivity index (χ2v) is 4.12. The first-order chi connectivity index (χ1) is 9.29. The van der Waals surface area contributed by atoms with Crippen LogP contribution < -0.4 is 14.9 Å². The van der Waals surface area contributed by atoms with Gasteiger partial charge in [-0.15, -0.1) is 0 Å². The number of rotatable bonds is 2. The van der Waals surface area contributed by atoms with Crippen molar-refractivity contribution in [3.8, 4) is 11.4 Å². The van der Waals surface area contributed by atoms with Crippen LogP contribution in [-0.4, -0.2) is 7.11 Å². The molecule has 1 aromatic carbocycles. The van der Waals surface area contributed by atoms with E-state index in [1.54, 1.807) is 7.11 Å². The number of pyridine rings is 1. The molecule has 0 saturated heterocycles. The van der Waals surface area contributed by atoms with E-state index in [0.29, 0.717) is 17.0 Å². The lowest BCUT2D eigenvalue weighted by Gasteiger charge is -2.04. The Hall–Kier alpha value is -2.62. The largest absolute Gasteiger partial charge is 0.493 e. The summed E-state index contributed by atoms with van der Waals surface area (Å²) in [6, 6.07) is 13.3. The number of fused-ring (bicyclic) bond motifs is 1. The molecule has 3 rings (SSSR count). The Morgan fingerprint density at radius 1 is 1.11 bits per heavy atom. The zero-order valence-electron chi connectivity index (χ0n) is 10.5. The fraction of sp³-hybridized carbons (Fsp3) is 0.0667. The predicted octanol–water partition coefficient (Wildman–Crippen LogP) is 2.20. The van der Waals surface area contributed by atoms with Crippen LogP contribution in [0.2, 0.25) is 0 Å². The van der Waals surface area contributed by atoms with E-state index in [1.807, 2.05) is 59.4 Å². The highest BCUT2D eigenvalue weighted by Crippen LogP contribution is 2.24. The lowest BCUT2D eigenvalue weighted by atomic mass is 10.2. The maximum Gasteiger partial charge on any atom is 0.286 e. The van der Waals surface area contributed by atoms with Crippen LogP contribution in [0.15, 0.2) is 59.3 Å². The summed E-state index contributed by atoms with van der Waals surface area (Å²) >= 11 is 0. The Labute approximate surface area is 110 Å². The van der Waals surface area contributed by atoms with Crippen molar-refractivity contribution in [2.45, 2.75) is 0 Å². The maximum atomic E-state index is 8.02. The molecule has 0 radical (unpaired) electrons. The molecule has 0 fully saturated rings. The number of para-hydroxylation sites is 1. The van der Waals surface area contributed by atoms with E-state index in [-0.39, 0.29) is 5.55 Å². The van der Waals surface area contributed by atoms with E-state index in [1.165, 1.54) is 0 Å². The van der Waals surface area contributed by atoms with Crippen LogP contribution in [-0.2, 0) is 0 Å². The number of hydrogen-bond donors (Lipinski definition) is 1. The second-order valence-electron chi connectivity index (χ2n) is 4.12. The third-order valence-corrected chi connectivity index (χ3v) is 2.95. The molecule has 0 aliphatic rings. The first-order valence-corrected chi connectivity index (χ1v) is 5.92. The number of nitrogens with one attached hydrogen (secondary N) is 1. The normalized spacial score (nSPS) is 10.6. The van der Waals surface area contributed by atoms with Crippen LogP contribution in [0.1, 0.15) is 0 Å². The fourth-order valence-corrected chi connectivity index (χ4v) is 2.03. The van der Waals surface area contributed by atoms with E-state index < -0.39 is 0 Å². The van der Waals surface area contributed by atoms with Crippen molar-refractivity contribution in [2.24, 2.45) is 0 Å². The van der Waals surface area contributed by atoms with Crippen molar-refractivity contribution < 1.29 is 13.7 Å². The molecule has 4 heteroatoms. The average Bonchev–Trinajstić information content (AvgIpc) is 2.47. The van der Waals surface area contributed by atoms with E-state index in [9.17, 15) is 0 Å². The third kappa shape index (κ3) is 1.97. The monoisotopic (exact) mass is 253 g/mol. The van der Waals surface area contributed by atoms with Gasteiger partial charge in [-0.1, -0.05) is 18.2 Å². The molecule has 0 atom stereocenters. The van der Waals surface area contributed by atoms with Gasteiger partial charge < -0.3 is 9.15 Å². The smallest absolute Gasteiger partial charge is 0.286 e. The fourth-order valence-electron chi connectivity index (χ4n) is 2.03. The number of hydrogen-bond acceptors (Lipinski definition) is 3. The summed E-state index contributed by atoms with van der Waals surface area (Å²) in [5.41, 5.74) is 1.39. The zero-order valence-corrected chi connectivity index (χ0v) is 10.5. The quantitative estimate of drug-likeness (QED) is 0.712. The van der Waals surface area contributed by atoms with Crippen molar-refractivity contribution in [1.82, 2.24) is 0 Å². The molecular weight excluding hydrogens is 240 g/mol. The average molecular weight is 253 g/mol. The lowest BCUT2D eigenvalue weighted by molar-refractivity contribution is -0.597. The molecule has 0 saturated carbocycles. The van der Waals surface area contributed by atoms with Crippen LogP contribution in [0.4, 0.5) is 0 Å². The van der Waals surface area contributed by atoms with Crippen molar-refractivity contribution >= 4 is 11.0 Å². The highest BCUT2D eigenvalue weighted by Gasteiger charge is 2.13. The second kappa shape index (κ2) is 4.57.